The molecule has 0 amide bonds. The molecule has 2 atom stereocenters. The molecule has 0 aromatic rings. The summed E-state index contributed by atoms with van der Waals surface area (Å²) in [4.78, 5) is 12.3. The van der Waals surface area contributed by atoms with Gasteiger partial charge in [-0.3, -0.25) is 4.79 Å². The van der Waals surface area contributed by atoms with Crippen LogP contribution < -0.4 is 0 Å². The molecule has 1 heterocycles. The fraction of sp³-hybridized carbons (Fsp3) is 0.897. The van der Waals surface area contributed by atoms with E-state index in [-0.39, 0.29) is 12.9 Å². The molecule has 1 rings (SSSR count). The largest absolute Gasteiger partial charge is 0.481 e. The van der Waals surface area contributed by atoms with Crippen LogP contribution in [0, 0.1) is 5.41 Å². The van der Waals surface area contributed by atoms with Gasteiger partial charge in [0.1, 0.15) is 6.79 Å². The highest BCUT2D eigenvalue weighted by molar-refractivity contribution is 5.75. The van der Waals surface area contributed by atoms with Crippen LogP contribution in [-0.4, -0.2) is 30.6 Å². The first-order valence-electron chi connectivity index (χ1n) is 14.2. The van der Waals surface area contributed by atoms with Crippen LogP contribution in [0.5, 0.6) is 0 Å². The maximum atomic E-state index is 12.3. The zero-order valence-corrected chi connectivity index (χ0v) is 22.0. The number of hydrogen-bond donors (Lipinski definition) is 1. The summed E-state index contributed by atoms with van der Waals surface area (Å²) < 4.78 is 11.1. The van der Waals surface area contributed by atoms with Gasteiger partial charge < -0.3 is 14.6 Å². The Morgan fingerprint density at radius 3 is 1.70 bits per heavy atom. The van der Waals surface area contributed by atoms with Crippen molar-refractivity contribution in [3.63, 3.8) is 0 Å². The Morgan fingerprint density at radius 2 is 1.21 bits per heavy atom. The quantitative estimate of drug-likeness (QED) is 0.121. The molecule has 4 heteroatoms. The van der Waals surface area contributed by atoms with E-state index in [2.05, 4.69) is 26.0 Å². The van der Waals surface area contributed by atoms with E-state index < -0.39 is 11.4 Å². The van der Waals surface area contributed by atoms with Crippen LogP contribution in [0.1, 0.15) is 142 Å². The van der Waals surface area contributed by atoms with E-state index in [9.17, 15) is 9.90 Å². The van der Waals surface area contributed by atoms with E-state index in [1.807, 2.05) is 0 Å². The minimum atomic E-state index is -0.769. The SMILES string of the molecule is CCCCCC=CCCCCCCCCCCCC(CCCCCC)(C(=O)O)C1COCO1. The highest BCUT2D eigenvalue weighted by atomic mass is 16.7. The van der Waals surface area contributed by atoms with E-state index in [4.69, 9.17) is 9.47 Å². The Morgan fingerprint density at radius 1 is 0.758 bits per heavy atom. The van der Waals surface area contributed by atoms with Crippen molar-refractivity contribution in [2.45, 2.75) is 148 Å². The number of rotatable bonds is 23. The van der Waals surface area contributed by atoms with Crippen molar-refractivity contribution in [2.24, 2.45) is 5.41 Å². The molecule has 2 unspecified atom stereocenters. The molecule has 1 aliphatic rings. The summed E-state index contributed by atoms with van der Waals surface area (Å²) in [5.41, 5.74) is -0.769. The first-order valence-corrected chi connectivity index (χ1v) is 14.2. The van der Waals surface area contributed by atoms with Crippen molar-refractivity contribution in [3.8, 4) is 0 Å². The Bertz CT molecular complexity index is 484. The minimum absolute atomic E-state index is 0.240. The average molecular weight is 467 g/mol. The molecule has 0 radical (unpaired) electrons. The zero-order valence-electron chi connectivity index (χ0n) is 22.0. The van der Waals surface area contributed by atoms with Gasteiger partial charge in [0.15, 0.2) is 0 Å². The van der Waals surface area contributed by atoms with Gasteiger partial charge in [-0.25, -0.2) is 0 Å². The van der Waals surface area contributed by atoms with E-state index >= 15 is 0 Å². The summed E-state index contributed by atoms with van der Waals surface area (Å²) in [5, 5.41) is 10.1. The second-order valence-corrected chi connectivity index (χ2v) is 10.1. The van der Waals surface area contributed by atoms with Crippen LogP contribution in [0.2, 0.25) is 0 Å². The molecule has 194 valence electrons. The summed E-state index contributed by atoms with van der Waals surface area (Å²) in [6, 6.07) is 0. The normalized spacial score (nSPS) is 18.2. The highest BCUT2D eigenvalue weighted by Crippen LogP contribution is 2.39. The van der Waals surface area contributed by atoms with Gasteiger partial charge in [-0.2, -0.15) is 0 Å². The van der Waals surface area contributed by atoms with Crippen LogP contribution in [0.3, 0.4) is 0 Å². The molecular formula is C29H54O4. The van der Waals surface area contributed by atoms with Crippen LogP contribution in [0.15, 0.2) is 12.2 Å². The first-order chi connectivity index (χ1) is 16.2. The number of allylic oxidation sites excluding steroid dienone is 2. The lowest BCUT2D eigenvalue weighted by Crippen LogP contribution is -2.44. The summed E-state index contributed by atoms with van der Waals surface area (Å²) in [6.07, 6.45) is 28.1. The molecular weight excluding hydrogens is 412 g/mol. The smallest absolute Gasteiger partial charge is 0.312 e. The second-order valence-electron chi connectivity index (χ2n) is 10.1. The fourth-order valence-corrected chi connectivity index (χ4v) is 5.01. The van der Waals surface area contributed by atoms with Gasteiger partial charge in [0, 0.05) is 0 Å². The molecule has 1 fully saturated rings. The van der Waals surface area contributed by atoms with Crippen LogP contribution in [-0.2, 0) is 14.3 Å². The number of carboxylic acid groups (broad SMARTS) is 1. The third-order valence-electron chi connectivity index (χ3n) is 7.28. The molecule has 0 aliphatic carbocycles. The Hall–Kier alpha value is -0.870. The third-order valence-corrected chi connectivity index (χ3v) is 7.28. The predicted molar refractivity (Wildman–Crippen MR) is 139 cm³/mol. The lowest BCUT2D eigenvalue weighted by molar-refractivity contribution is -0.159. The van der Waals surface area contributed by atoms with Crippen molar-refractivity contribution >= 4 is 5.97 Å². The summed E-state index contributed by atoms with van der Waals surface area (Å²) in [7, 11) is 0. The Labute approximate surface area is 204 Å². The van der Waals surface area contributed by atoms with Crippen molar-refractivity contribution in [1.82, 2.24) is 0 Å². The fourth-order valence-electron chi connectivity index (χ4n) is 5.01. The van der Waals surface area contributed by atoms with Crippen molar-refractivity contribution < 1.29 is 19.4 Å². The molecule has 0 spiro atoms. The number of ether oxygens (including phenoxy) is 2. The predicted octanol–water partition coefficient (Wildman–Crippen LogP) is 8.83. The van der Waals surface area contributed by atoms with Gasteiger partial charge in [0.25, 0.3) is 0 Å². The van der Waals surface area contributed by atoms with Gasteiger partial charge in [0.05, 0.1) is 18.1 Å². The Balaban J connectivity index is 2.13. The van der Waals surface area contributed by atoms with Crippen molar-refractivity contribution in [3.05, 3.63) is 12.2 Å². The minimum Gasteiger partial charge on any atom is -0.481 e. The maximum Gasteiger partial charge on any atom is 0.312 e. The average Bonchev–Trinajstić information content (AvgIpc) is 3.35. The van der Waals surface area contributed by atoms with Gasteiger partial charge >= 0.3 is 5.97 Å². The molecule has 0 aromatic carbocycles. The van der Waals surface area contributed by atoms with E-state index in [0.717, 1.165) is 25.7 Å². The third kappa shape index (κ3) is 13.6. The number of hydrogen-bond acceptors (Lipinski definition) is 3. The number of carbonyl (C=O) groups is 1. The van der Waals surface area contributed by atoms with E-state index in [1.54, 1.807) is 0 Å². The van der Waals surface area contributed by atoms with Crippen LogP contribution in [0.25, 0.3) is 0 Å². The monoisotopic (exact) mass is 466 g/mol. The molecule has 1 N–H and O–H groups in total. The molecule has 0 saturated carbocycles. The van der Waals surface area contributed by atoms with E-state index in [1.165, 1.54) is 89.9 Å². The van der Waals surface area contributed by atoms with Gasteiger partial charge in [-0.15, -0.1) is 0 Å². The number of aliphatic carboxylic acids is 1. The number of carboxylic acids is 1. The molecule has 1 saturated heterocycles. The molecule has 0 aromatic heterocycles. The van der Waals surface area contributed by atoms with Crippen LogP contribution in [0.4, 0.5) is 0 Å². The topological polar surface area (TPSA) is 55.8 Å². The van der Waals surface area contributed by atoms with Crippen molar-refractivity contribution in [1.29, 1.82) is 0 Å². The molecule has 4 nitrogen and oxygen atoms in total. The second kappa shape index (κ2) is 20.5. The Kier molecular flexibility index (Phi) is 18.7. The van der Waals surface area contributed by atoms with E-state index in [0.29, 0.717) is 19.4 Å². The first kappa shape index (κ1) is 30.2. The standard InChI is InChI=1S/C29H54O4/c1-3-5-7-9-10-11-12-13-14-15-16-17-18-19-20-22-24-29(28(30)31,23-21-8-6-4-2)27-25-32-26-33-27/h10-11,27H,3-9,12-26H2,1-2H3,(H,30,31). The summed E-state index contributed by atoms with van der Waals surface area (Å²) in [6.45, 7) is 5.11. The highest BCUT2D eigenvalue weighted by Gasteiger charge is 2.47. The maximum absolute atomic E-state index is 12.3. The zero-order chi connectivity index (χ0) is 24.0. The summed E-state index contributed by atoms with van der Waals surface area (Å²) in [5.74, 6) is -0.690. The van der Waals surface area contributed by atoms with Crippen molar-refractivity contribution in [2.75, 3.05) is 13.4 Å². The molecule has 1 aliphatic heterocycles. The summed E-state index contributed by atoms with van der Waals surface area (Å²) >= 11 is 0. The lowest BCUT2D eigenvalue weighted by Gasteiger charge is -2.34. The van der Waals surface area contributed by atoms with Gasteiger partial charge in [-0.05, 0) is 38.5 Å². The van der Waals surface area contributed by atoms with Crippen LogP contribution >= 0.6 is 0 Å². The molecule has 33 heavy (non-hydrogen) atoms. The molecule has 0 bridgehead atoms. The lowest BCUT2D eigenvalue weighted by atomic mass is 9.73. The number of unbranched alkanes of at least 4 members (excludes halogenated alkanes) is 15. The van der Waals surface area contributed by atoms with Gasteiger partial charge in [-0.1, -0.05) is 116 Å². The van der Waals surface area contributed by atoms with Gasteiger partial charge in [0.2, 0.25) is 0 Å².